The predicted molar refractivity (Wildman–Crippen MR) is 69.4 cm³/mol. The Labute approximate surface area is 106 Å². The molecule has 0 radical (unpaired) electrons. The Hall–Kier alpha value is -1.54. The molecule has 0 saturated carbocycles. The van der Waals surface area contributed by atoms with E-state index in [1.165, 1.54) is 5.56 Å². The van der Waals surface area contributed by atoms with Gasteiger partial charge in [0.25, 0.3) is 0 Å². The van der Waals surface area contributed by atoms with Crippen LogP contribution in [0.1, 0.15) is 11.1 Å². The van der Waals surface area contributed by atoms with Gasteiger partial charge in [-0.25, -0.2) is 4.98 Å². The van der Waals surface area contributed by atoms with Crippen LogP contribution in [-0.4, -0.2) is 11.6 Å². The highest BCUT2D eigenvalue weighted by molar-refractivity contribution is 6.17. The first-order valence-corrected chi connectivity index (χ1v) is 6.10. The molecule has 0 N–H and O–H groups in total. The van der Waals surface area contributed by atoms with Gasteiger partial charge >= 0.3 is 0 Å². The number of hydrogen-bond acceptors (Lipinski definition) is 2. The molecule has 2 rings (SSSR count). The Morgan fingerprint density at radius 1 is 1.06 bits per heavy atom. The summed E-state index contributed by atoms with van der Waals surface area (Å²) in [6.07, 6.45) is 2.59. The monoisotopic (exact) mass is 247 g/mol. The van der Waals surface area contributed by atoms with Crippen molar-refractivity contribution >= 4 is 11.6 Å². The molecule has 0 atom stereocenters. The Morgan fingerprint density at radius 3 is 2.65 bits per heavy atom. The number of pyridine rings is 1. The van der Waals surface area contributed by atoms with Gasteiger partial charge in [0, 0.05) is 18.2 Å². The van der Waals surface area contributed by atoms with Crippen molar-refractivity contribution in [1.82, 2.24) is 4.98 Å². The van der Waals surface area contributed by atoms with E-state index in [1.54, 1.807) is 6.20 Å². The normalized spacial score (nSPS) is 10.2. The summed E-state index contributed by atoms with van der Waals surface area (Å²) in [5, 5.41) is 0. The van der Waals surface area contributed by atoms with Crippen molar-refractivity contribution in [2.24, 2.45) is 0 Å². The van der Waals surface area contributed by atoms with Crippen molar-refractivity contribution in [3.05, 3.63) is 59.8 Å². The number of halogens is 1. The van der Waals surface area contributed by atoms with Gasteiger partial charge in [0.05, 0.1) is 12.5 Å². The van der Waals surface area contributed by atoms with Crippen molar-refractivity contribution in [2.45, 2.75) is 12.3 Å². The molecule has 88 valence electrons. The van der Waals surface area contributed by atoms with Crippen LogP contribution in [0.25, 0.3) is 0 Å². The zero-order chi connectivity index (χ0) is 11.9. The third-order valence-electron chi connectivity index (χ3n) is 2.47. The summed E-state index contributed by atoms with van der Waals surface area (Å²) >= 11 is 5.81. The summed E-state index contributed by atoms with van der Waals surface area (Å²) < 4.78 is 5.64. The van der Waals surface area contributed by atoms with Gasteiger partial charge in [-0.15, -0.1) is 11.6 Å². The van der Waals surface area contributed by atoms with Crippen molar-refractivity contribution in [1.29, 1.82) is 0 Å². The topological polar surface area (TPSA) is 22.1 Å². The lowest BCUT2D eigenvalue weighted by Crippen LogP contribution is -2.04. The molecule has 1 aromatic carbocycles. The van der Waals surface area contributed by atoms with E-state index < -0.39 is 0 Å². The minimum absolute atomic E-state index is 0.425. The molecule has 1 aromatic heterocycles. The molecule has 17 heavy (non-hydrogen) atoms. The average Bonchev–Trinajstić information content (AvgIpc) is 2.40. The van der Waals surface area contributed by atoms with E-state index in [1.807, 2.05) is 30.3 Å². The van der Waals surface area contributed by atoms with Crippen molar-refractivity contribution in [3.63, 3.8) is 0 Å². The zero-order valence-electron chi connectivity index (χ0n) is 9.47. The molecule has 0 spiro atoms. The van der Waals surface area contributed by atoms with Crippen LogP contribution < -0.4 is 4.74 Å². The molecule has 3 heteroatoms. The van der Waals surface area contributed by atoms with Gasteiger partial charge in [0.15, 0.2) is 0 Å². The fourth-order valence-electron chi connectivity index (χ4n) is 1.57. The number of hydrogen-bond donors (Lipinski definition) is 0. The van der Waals surface area contributed by atoms with Crippen LogP contribution in [0.4, 0.5) is 0 Å². The van der Waals surface area contributed by atoms with Gasteiger partial charge in [0.1, 0.15) is 0 Å². The summed E-state index contributed by atoms with van der Waals surface area (Å²) in [7, 11) is 0. The summed E-state index contributed by atoms with van der Waals surface area (Å²) in [4.78, 5) is 4.17. The first-order valence-electron chi connectivity index (χ1n) is 5.56. The Bertz CT molecular complexity index is 459. The van der Waals surface area contributed by atoms with Gasteiger partial charge in [-0.05, 0) is 11.6 Å². The number of alkyl halides is 1. The summed E-state index contributed by atoms with van der Waals surface area (Å²) in [6, 6.07) is 14.0. The van der Waals surface area contributed by atoms with Gasteiger partial charge < -0.3 is 4.74 Å². The number of nitrogens with zero attached hydrogens (tertiary/aromatic N) is 1. The second-order valence-corrected chi connectivity index (χ2v) is 3.95. The third-order valence-corrected chi connectivity index (χ3v) is 2.75. The van der Waals surface area contributed by atoms with Crippen LogP contribution in [0.5, 0.6) is 5.88 Å². The van der Waals surface area contributed by atoms with Gasteiger partial charge in [-0.2, -0.15) is 0 Å². The lowest BCUT2D eigenvalue weighted by molar-refractivity contribution is 0.307. The molecule has 0 aliphatic heterocycles. The SMILES string of the molecule is ClCc1cccnc1OCCc1ccccc1. The van der Waals surface area contributed by atoms with Crippen LogP contribution in [0.15, 0.2) is 48.7 Å². The van der Waals surface area contributed by atoms with Crippen molar-refractivity contribution in [3.8, 4) is 5.88 Å². The average molecular weight is 248 g/mol. The van der Waals surface area contributed by atoms with E-state index in [4.69, 9.17) is 16.3 Å². The molecule has 0 amide bonds. The maximum absolute atomic E-state index is 5.81. The van der Waals surface area contributed by atoms with E-state index in [0.29, 0.717) is 18.4 Å². The summed E-state index contributed by atoms with van der Waals surface area (Å²) in [5.74, 6) is 1.06. The van der Waals surface area contributed by atoms with Crippen LogP contribution in [-0.2, 0) is 12.3 Å². The second kappa shape index (κ2) is 6.26. The first-order chi connectivity index (χ1) is 8.40. The number of benzene rings is 1. The molecule has 2 nitrogen and oxygen atoms in total. The van der Waals surface area contributed by atoms with Crippen molar-refractivity contribution < 1.29 is 4.74 Å². The third kappa shape index (κ3) is 3.46. The van der Waals surface area contributed by atoms with Gasteiger partial charge in [-0.1, -0.05) is 36.4 Å². The van der Waals surface area contributed by atoms with E-state index in [-0.39, 0.29) is 0 Å². The largest absolute Gasteiger partial charge is 0.477 e. The van der Waals surface area contributed by atoms with Crippen LogP contribution in [0, 0.1) is 0 Å². The van der Waals surface area contributed by atoms with Crippen LogP contribution >= 0.6 is 11.6 Å². The molecule has 0 bridgehead atoms. The number of rotatable bonds is 5. The molecule has 0 saturated heterocycles. The molecule has 2 aromatic rings. The maximum atomic E-state index is 5.81. The number of ether oxygens (including phenoxy) is 1. The zero-order valence-corrected chi connectivity index (χ0v) is 10.2. The predicted octanol–water partition coefficient (Wildman–Crippen LogP) is 3.44. The lowest BCUT2D eigenvalue weighted by Gasteiger charge is -2.08. The summed E-state index contributed by atoms with van der Waals surface area (Å²) in [5.41, 5.74) is 2.19. The van der Waals surface area contributed by atoms with E-state index in [2.05, 4.69) is 17.1 Å². The molecule has 0 aliphatic carbocycles. The molecular formula is C14H14ClNO. The molecule has 1 heterocycles. The summed E-state index contributed by atoms with van der Waals surface area (Å²) in [6.45, 7) is 0.616. The highest BCUT2D eigenvalue weighted by atomic mass is 35.5. The fourth-order valence-corrected chi connectivity index (χ4v) is 1.77. The minimum Gasteiger partial charge on any atom is -0.477 e. The van der Waals surface area contributed by atoms with Crippen LogP contribution in [0.3, 0.4) is 0 Å². The molecular weight excluding hydrogens is 234 g/mol. The second-order valence-electron chi connectivity index (χ2n) is 3.69. The Balaban J connectivity index is 1.90. The Kier molecular flexibility index (Phi) is 4.39. The maximum Gasteiger partial charge on any atom is 0.217 e. The standard InChI is InChI=1S/C14H14ClNO/c15-11-13-7-4-9-16-14(13)17-10-8-12-5-2-1-3-6-12/h1-7,9H,8,10-11H2. The van der Waals surface area contributed by atoms with E-state index in [9.17, 15) is 0 Å². The highest BCUT2D eigenvalue weighted by Crippen LogP contribution is 2.16. The molecule has 0 aliphatic rings. The molecule has 0 unspecified atom stereocenters. The van der Waals surface area contributed by atoms with Crippen LogP contribution in [0.2, 0.25) is 0 Å². The quantitative estimate of drug-likeness (QED) is 0.755. The first kappa shape index (κ1) is 11.9. The highest BCUT2D eigenvalue weighted by Gasteiger charge is 2.02. The Morgan fingerprint density at radius 2 is 1.88 bits per heavy atom. The van der Waals surface area contributed by atoms with Gasteiger partial charge in [-0.3, -0.25) is 0 Å². The lowest BCUT2D eigenvalue weighted by atomic mass is 10.2. The van der Waals surface area contributed by atoms with Gasteiger partial charge in [0.2, 0.25) is 5.88 Å². The number of aromatic nitrogens is 1. The van der Waals surface area contributed by atoms with Crippen molar-refractivity contribution in [2.75, 3.05) is 6.61 Å². The van der Waals surface area contributed by atoms with E-state index in [0.717, 1.165) is 12.0 Å². The minimum atomic E-state index is 0.425. The fraction of sp³-hybridized carbons (Fsp3) is 0.214. The smallest absolute Gasteiger partial charge is 0.217 e. The molecule has 0 fully saturated rings. The van der Waals surface area contributed by atoms with E-state index >= 15 is 0 Å².